The number of carbonyl (C=O) groups excluding carboxylic acids is 1. The molecule has 1 fully saturated rings. The zero-order chi connectivity index (χ0) is 12.5. The standard InChI is InChI=1S/C11H17N3O3/c1-8-12-9(13-17-8)10(15)14(2)7-11(16)5-3-4-6-11/h16H,3-7H2,1-2H3. The Morgan fingerprint density at radius 2 is 2.18 bits per heavy atom. The molecule has 1 N–H and O–H groups in total. The van der Waals surface area contributed by atoms with Crippen LogP contribution in [0.3, 0.4) is 0 Å². The Labute approximate surface area is 99.6 Å². The van der Waals surface area contributed by atoms with Gasteiger partial charge in [0.25, 0.3) is 11.7 Å². The molecule has 1 aliphatic rings. The molecule has 0 unspecified atom stereocenters. The first-order valence-corrected chi connectivity index (χ1v) is 5.78. The molecular weight excluding hydrogens is 222 g/mol. The fourth-order valence-electron chi connectivity index (χ4n) is 2.26. The molecule has 17 heavy (non-hydrogen) atoms. The highest BCUT2D eigenvalue weighted by Gasteiger charge is 2.34. The number of aryl methyl sites for hydroxylation is 1. The van der Waals surface area contributed by atoms with Crippen LogP contribution in [0.15, 0.2) is 4.52 Å². The fourth-order valence-corrected chi connectivity index (χ4v) is 2.26. The molecule has 1 saturated carbocycles. The normalized spacial score (nSPS) is 18.3. The number of hydrogen-bond acceptors (Lipinski definition) is 5. The maximum absolute atomic E-state index is 11.9. The molecule has 1 aromatic heterocycles. The number of aliphatic hydroxyl groups is 1. The average molecular weight is 239 g/mol. The van der Waals surface area contributed by atoms with Gasteiger partial charge in [-0.2, -0.15) is 4.98 Å². The molecule has 0 radical (unpaired) electrons. The van der Waals surface area contributed by atoms with Crippen LogP contribution in [0, 0.1) is 6.92 Å². The highest BCUT2D eigenvalue weighted by Crippen LogP contribution is 2.30. The third-order valence-corrected chi connectivity index (χ3v) is 3.13. The lowest BCUT2D eigenvalue weighted by Crippen LogP contribution is -2.42. The van der Waals surface area contributed by atoms with Gasteiger partial charge in [0.15, 0.2) is 0 Å². The van der Waals surface area contributed by atoms with Gasteiger partial charge in [-0.15, -0.1) is 0 Å². The van der Waals surface area contributed by atoms with E-state index in [-0.39, 0.29) is 11.7 Å². The summed E-state index contributed by atoms with van der Waals surface area (Å²) < 4.78 is 4.76. The monoisotopic (exact) mass is 239 g/mol. The number of carbonyl (C=O) groups is 1. The number of likely N-dealkylation sites (N-methyl/N-ethyl adjacent to an activating group) is 1. The molecule has 1 heterocycles. The van der Waals surface area contributed by atoms with Crippen LogP contribution in [0.4, 0.5) is 0 Å². The van der Waals surface area contributed by atoms with Crippen LogP contribution in [0.5, 0.6) is 0 Å². The lowest BCUT2D eigenvalue weighted by Gasteiger charge is -2.27. The van der Waals surface area contributed by atoms with Gasteiger partial charge in [-0.1, -0.05) is 18.0 Å². The molecule has 6 heteroatoms. The van der Waals surface area contributed by atoms with Crippen LogP contribution in [0.25, 0.3) is 0 Å². The predicted molar refractivity (Wildman–Crippen MR) is 59.4 cm³/mol. The number of nitrogens with zero attached hydrogens (tertiary/aromatic N) is 3. The van der Waals surface area contributed by atoms with E-state index in [1.165, 1.54) is 4.90 Å². The van der Waals surface area contributed by atoms with Gasteiger partial charge >= 0.3 is 0 Å². The summed E-state index contributed by atoms with van der Waals surface area (Å²) in [6.07, 6.45) is 3.52. The van der Waals surface area contributed by atoms with Crippen LogP contribution < -0.4 is 0 Å². The van der Waals surface area contributed by atoms with Crippen molar-refractivity contribution in [2.45, 2.75) is 38.2 Å². The lowest BCUT2D eigenvalue weighted by molar-refractivity contribution is 0.0151. The Balaban J connectivity index is 2.00. The van der Waals surface area contributed by atoms with Gasteiger partial charge in [0, 0.05) is 20.5 Å². The van der Waals surface area contributed by atoms with Crippen molar-refractivity contribution in [2.75, 3.05) is 13.6 Å². The summed E-state index contributed by atoms with van der Waals surface area (Å²) in [6, 6.07) is 0. The minimum absolute atomic E-state index is 0.0478. The number of aromatic nitrogens is 2. The molecule has 1 aliphatic carbocycles. The van der Waals surface area contributed by atoms with Gasteiger partial charge in [-0.25, -0.2) is 0 Å². The van der Waals surface area contributed by atoms with E-state index < -0.39 is 5.60 Å². The van der Waals surface area contributed by atoms with Crippen LogP contribution >= 0.6 is 0 Å². The zero-order valence-electron chi connectivity index (χ0n) is 10.1. The summed E-state index contributed by atoms with van der Waals surface area (Å²) in [5.41, 5.74) is -0.747. The molecule has 2 rings (SSSR count). The van der Waals surface area contributed by atoms with E-state index in [1.54, 1.807) is 14.0 Å². The van der Waals surface area contributed by atoms with Crippen molar-refractivity contribution in [2.24, 2.45) is 0 Å². The van der Waals surface area contributed by atoms with Crippen LogP contribution in [0.1, 0.15) is 42.2 Å². The summed E-state index contributed by atoms with van der Waals surface area (Å²) >= 11 is 0. The smallest absolute Gasteiger partial charge is 0.295 e. The van der Waals surface area contributed by atoms with E-state index in [1.807, 2.05) is 0 Å². The topological polar surface area (TPSA) is 79.5 Å². The third-order valence-electron chi connectivity index (χ3n) is 3.13. The third kappa shape index (κ3) is 2.63. The van der Waals surface area contributed by atoms with E-state index in [0.29, 0.717) is 12.4 Å². The summed E-state index contributed by atoms with van der Waals surface area (Å²) in [5.74, 6) is 0.0927. The molecule has 0 atom stereocenters. The minimum atomic E-state index is -0.747. The van der Waals surface area contributed by atoms with Crippen molar-refractivity contribution in [1.29, 1.82) is 0 Å². The second-order valence-electron chi connectivity index (χ2n) is 4.73. The fraction of sp³-hybridized carbons (Fsp3) is 0.727. The van der Waals surface area contributed by atoms with Gasteiger partial charge < -0.3 is 14.5 Å². The van der Waals surface area contributed by atoms with Crippen LogP contribution in [-0.4, -0.2) is 45.2 Å². The largest absolute Gasteiger partial charge is 0.388 e. The molecule has 0 aromatic carbocycles. The summed E-state index contributed by atoms with van der Waals surface area (Å²) in [4.78, 5) is 17.3. The van der Waals surface area contributed by atoms with Gasteiger partial charge in [-0.3, -0.25) is 4.79 Å². The average Bonchev–Trinajstić information content (AvgIpc) is 2.86. The first kappa shape index (κ1) is 12.0. The first-order chi connectivity index (χ1) is 8.00. The van der Waals surface area contributed by atoms with E-state index in [4.69, 9.17) is 4.52 Å². The van der Waals surface area contributed by atoms with Gasteiger partial charge in [-0.05, 0) is 12.8 Å². The zero-order valence-corrected chi connectivity index (χ0v) is 10.1. The molecule has 94 valence electrons. The van der Waals surface area contributed by atoms with E-state index >= 15 is 0 Å². The highest BCUT2D eigenvalue weighted by molar-refractivity contribution is 5.90. The molecule has 0 bridgehead atoms. The Morgan fingerprint density at radius 1 is 1.53 bits per heavy atom. The predicted octanol–water partition coefficient (Wildman–Crippen LogP) is 0.755. The van der Waals surface area contributed by atoms with E-state index in [2.05, 4.69) is 10.1 Å². The summed E-state index contributed by atoms with van der Waals surface area (Å²) in [6.45, 7) is 1.95. The van der Waals surface area contributed by atoms with Crippen molar-refractivity contribution in [3.63, 3.8) is 0 Å². The SMILES string of the molecule is Cc1nc(C(=O)N(C)CC2(O)CCCC2)no1. The van der Waals surface area contributed by atoms with Gasteiger partial charge in [0.1, 0.15) is 0 Å². The van der Waals surface area contributed by atoms with Crippen molar-refractivity contribution in [1.82, 2.24) is 15.0 Å². The number of hydrogen-bond donors (Lipinski definition) is 1. The molecule has 0 aliphatic heterocycles. The maximum atomic E-state index is 11.9. The molecular formula is C11H17N3O3. The minimum Gasteiger partial charge on any atom is -0.388 e. The first-order valence-electron chi connectivity index (χ1n) is 5.78. The lowest BCUT2D eigenvalue weighted by atomic mass is 10.0. The highest BCUT2D eigenvalue weighted by atomic mass is 16.5. The Bertz CT molecular complexity index is 410. The van der Waals surface area contributed by atoms with Crippen molar-refractivity contribution >= 4 is 5.91 Å². The molecule has 0 spiro atoms. The molecule has 1 aromatic rings. The molecule has 6 nitrogen and oxygen atoms in total. The molecule has 1 amide bonds. The van der Waals surface area contributed by atoms with E-state index in [9.17, 15) is 9.90 Å². The molecule has 0 saturated heterocycles. The quantitative estimate of drug-likeness (QED) is 0.842. The Morgan fingerprint density at radius 3 is 2.71 bits per heavy atom. The van der Waals surface area contributed by atoms with Crippen LogP contribution in [0.2, 0.25) is 0 Å². The van der Waals surface area contributed by atoms with Crippen molar-refractivity contribution in [3.8, 4) is 0 Å². The van der Waals surface area contributed by atoms with Crippen molar-refractivity contribution < 1.29 is 14.4 Å². The van der Waals surface area contributed by atoms with Gasteiger partial charge in [0.2, 0.25) is 5.89 Å². The van der Waals surface area contributed by atoms with E-state index in [0.717, 1.165) is 25.7 Å². The second-order valence-corrected chi connectivity index (χ2v) is 4.73. The summed E-state index contributed by atoms with van der Waals surface area (Å²) in [7, 11) is 1.64. The second kappa shape index (κ2) is 4.44. The van der Waals surface area contributed by atoms with Gasteiger partial charge in [0.05, 0.1) is 5.60 Å². The Hall–Kier alpha value is -1.43. The maximum Gasteiger partial charge on any atom is 0.295 e. The Kier molecular flexibility index (Phi) is 3.15. The van der Waals surface area contributed by atoms with Crippen LogP contribution in [-0.2, 0) is 0 Å². The van der Waals surface area contributed by atoms with Crippen molar-refractivity contribution in [3.05, 3.63) is 11.7 Å². The summed E-state index contributed by atoms with van der Waals surface area (Å²) in [5, 5.41) is 13.8. The number of rotatable bonds is 3. The number of amides is 1.